The number of esters is 2. The van der Waals surface area contributed by atoms with Gasteiger partial charge in [0.2, 0.25) is 0 Å². The van der Waals surface area contributed by atoms with Crippen LogP contribution in [0, 0.1) is 5.92 Å². The van der Waals surface area contributed by atoms with Gasteiger partial charge in [0, 0.05) is 6.42 Å². The highest BCUT2D eigenvalue weighted by Gasteiger charge is 2.26. The van der Waals surface area contributed by atoms with E-state index in [1.165, 1.54) is 18.4 Å². The number of ether oxygens (including phenoxy) is 2. The molecular formula is C17H23NO6S. The van der Waals surface area contributed by atoms with Crippen LogP contribution in [0.4, 0.5) is 0 Å². The van der Waals surface area contributed by atoms with Crippen LogP contribution in [0.5, 0.6) is 0 Å². The van der Waals surface area contributed by atoms with Gasteiger partial charge >= 0.3 is 11.9 Å². The zero-order valence-electron chi connectivity index (χ0n) is 14.6. The number of hydrogen-bond donors (Lipinski definition) is 1. The van der Waals surface area contributed by atoms with Crippen molar-refractivity contribution in [2.45, 2.75) is 39.2 Å². The fraction of sp³-hybridized carbons (Fsp3) is 0.529. The van der Waals surface area contributed by atoms with Crippen LogP contribution in [0.3, 0.4) is 0 Å². The van der Waals surface area contributed by atoms with Gasteiger partial charge in [-0.2, -0.15) is 0 Å². The average molecular weight is 369 g/mol. The number of hydrogen-bond acceptors (Lipinski definition) is 7. The highest BCUT2D eigenvalue weighted by Crippen LogP contribution is 2.12. The molecule has 0 fully saturated rings. The smallest absolute Gasteiger partial charge is 0.328 e. The number of thiophene rings is 1. The number of carbonyl (C=O) groups excluding carboxylic acids is 4. The van der Waals surface area contributed by atoms with Crippen molar-refractivity contribution in [2.75, 3.05) is 13.7 Å². The lowest BCUT2D eigenvalue weighted by Gasteiger charge is -2.21. The summed E-state index contributed by atoms with van der Waals surface area (Å²) in [6, 6.07) is 2.66. The highest BCUT2D eigenvalue weighted by atomic mass is 32.1. The Morgan fingerprint density at radius 1 is 1.24 bits per heavy atom. The van der Waals surface area contributed by atoms with Crippen LogP contribution in [0.1, 0.15) is 42.8 Å². The van der Waals surface area contributed by atoms with E-state index in [0.717, 1.165) is 0 Å². The summed E-state index contributed by atoms with van der Waals surface area (Å²) in [6.45, 7) is 3.19. The number of carbonyl (C=O) groups is 4. The normalized spacial score (nSPS) is 12.8. The van der Waals surface area contributed by atoms with Crippen molar-refractivity contribution in [1.29, 1.82) is 0 Å². The van der Waals surface area contributed by atoms with Crippen LogP contribution in [0.25, 0.3) is 0 Å². The first-order chi connectivity index (χ1) is 11.9. The standard InChI is InChI=1S/C17H23NO6S/c1-4-11(2)16(17(22)23-3)18-14(20)10-24-15(21)8-7-12(19)13-6-5-9-25-13/h5-6,9,11,16H,4,7-8,10H2,1-3H3,(H,18,20)/t11-,16-/m0/s1. The zero-order valence-corrected chi connectivity index (χ0v) is 15.4. The van der Waals surface area contributed by atoms with E-state index in [9.17, 15) is 19.2 Å². The minimum atomic E-state index is -0.790. The molecule has 1 aromatic rings. The summed E-state index contributed by atoms with van der Waals surface area (Å²) in [6.07, 6.45) is 0.596. The molecule has 0 aromatic carbocycles. The van der Waals surface area contributed by atoms with Crippen LogP contribution in [-0.4, -0.2) is 43.4 Å². The van der Waals surface area contributed by atoms with Crippen molar-refractivity contribution in [3.8, 4) is 0 Å². The van der Waals surface area contributed by atoms with Gasteiger partial charge in [-0.1, -0.05) is 26.3 Å². The molecule has 8 heteroatoms. The maximum Gasteiger partial charge on any atom is 0.328 e. The third-order valence-corrected chi connectivity index (χ3v) is 4.61. The van der Waals surface area contributed by atoms with Gasteiger partial charge in [0.25, 0.3) is 5.91 Å². The van der Waals surface area contributed by atoms with E-state index in [4.69, 9.17) is 4.74 Å². The Hall–Kier alpha value is -2.22. The molecule has 1 N–H and O–H groups in total. The van der Waals surface area contributed by atoms with Crippen molar-refractivity contribution in [1.82, 2.24) is 5.32 Å². The predicted molar refractivity (Wildman–Crippen MR) is 92.2 cm³/mol. The summed E-state index contributed by atoms with van der Waals surface area (Å²) in [5.41, 5.74) is 0. The van der Waals surface area contributed by atoms with Crippen LogP contribution in [0.15, 0.2) is 17.5 Å². The monoisotopic (exact) mass is 369 g/mol. The van der Waals surface area contributed by atoms with E-state index in [2.05, 4.69) is 10.1 Å². The molecule has 0 spiro atoms. The molecular weight excluding hydrogens is 346 g/mol. The van der Waals surface area contributed by atoms with Gasteiger partial charge in [0.05, 0.1) is 18.4 Å². The lowest BCUT2D eigenvalue weighted by molar-refractivity contribution is -0.151. The van der Waals surface area contributed by atoms with Gasteiger partial charge in [-0.05, 0) is 17.4 Å². The number of nitrogens with one attached hydrogen (secondary N) is 1. The molecule has 2 atom stereocenters. The molecule has 0 bridgehead atoms. The van der Waals surface area contributed by atoms with E-state index in [1.807, 2.05) is 13.8 Å². The quantitative estimate of drug-likeness (QED) is 0.500. The lowest BCUT2D eigenvalue weighted by atomic mass is 9.99. The van der Waals surface area contributed by atoms with E-state index in [1.54, 1.807) is 17.5 Å². The first kappa shape index (κ1) is 20.8. The van der Waals surface area contributed by atoms with Gasteiger partial charge in [-0.3, -0.25) is 14.4 Å². The summed E-state index contributed by atoms with van der Waals surface area (Å²) in [7, 11) is 1.24. The molecule has 1 amide bonds. The first-order valence-electron chi connectivity index (χ1n) is 7.98. The number of ketones is 1. The van der Waals surface area contributed by atoms with Crippen LogP contribution >= 0.6 is 11.3 Å². The Kier molecular flexibility index (Phi) is 8.83. The van der Waals surface area contributed by atoms with Gasteiger partial charge in [-0.25, -0.2) is 4.79 Å². The molecule has 0 saturated carbocycles. The molecule has 0 unspecified atom stereocenters. The van der Waals surface area contributed by atoms with E-state index >= 15 is 0 Å². The minimum absolute atomic E-state index is 0.0264. The maximum absolute atomic E-state index is 11.9. The van der Waals surface area contributed by atoms with Crippen LogP contribution < -0.4 is 5.32 Å². The zero-order chi connectivity index (χ0) is 18.8. The fourth-order valence-electron chi connectivity index (χ4n) is 2.01. The molecule has 0 aliphatic rings. The maximum atomic E-state index is 11.9. The Balaban J connectivity index is 2.37. The highest BCUT2D eigenvalue weighted by molar-refractivity contribution is 7.12. The fourth-order valence-corrected chi connectivity index (χ4v) is 2.70. The minimum Gasteiger partial charge on any atom is -0.467 e. The van der Waals surface area contributed by atoms with Crippen molar-refractivity contribution >= 4 is 35.0 Å². The number of methoxy groups -OCH3 is 1. The topological polar surface area (TPSA) is 98.8 Å². The molecule has 0 radical (unpaired) electrons. The molecule has 1 heterocycles. The van der Waals surface area contributed by atoms with Crippen molar-refractivity contribution < 1.29 is 28.7 Å². The number of Topliss-reactive ketones (excluding diaryl/α,β-unsaturated/α-hetero) is 1. The van der Waals surface area contributed by atoms with Gasteiger partial charge < -0.3 is 14.8 Å². The SMILES string of the molecule is CC[C@H](C)[C@H](NC(=O)COC(=O)CCC(=O)c1cccs1)C(=O)OC. The first-order valence-corrected chi connectivity index (χ1v) is 8.86. The Morgan fingerprint density at radius 3 is 2.52 bits per heavy atom. The molecule has 0 aliphatic carbocycles. The third kappa shape index (κ3) is 7.04. The molecule has 0 aliphatic heterocycles. The Morgan fingerprint density at radius 2 is 1.96 bits per heavy atom. The summed E-state index contributed by atoms with van der Waals surface area (Å²) >= 11 is 1.31. The summed E-state index contributed by atoms with van der Waals surface area (Å²) in [4.78, 5) is 47.6. The van der Waals surface area contributed by atoms with E-state index < -0.39 is 30.5 Å². The summed E-state index contributed by atoms with van der Waals surface area (Å²) in [5, 5.41) is 4.29. The second-order valence-electron chi connectivity index (χ2n) is 5.52. The molecule has 0 saturated heterocycles. The number of amides is 1. The second-order valence-corrected chi connectivity index (χ2v) is 6.46. The van der Waals surface area contributed by atoms with Gasteiger partial charge in [-0.15, -0.1) is 11.3 Å². The van der Waals surface area contributed by atoms with Gasteiger partial charge in [0.1, 0.15) is 6.04 Å². The van der Waals surface area contributed by atoms with E-state index in [0.29, 0.717) is 11.3 Å². The average Bonchev–Trinajstić information content (AvgIpc) is 3.15. The molecule has 1 rings (SSSR count). The summed E-state index contributed by atoms with van der Waals surface area (Å²) < 4.78 is 9.51. The van der Waals surface area contributed by atoms with Crippen molar-refractivity contribution in [3.63, 3.8) is 0 Å². The lowest BCUT2D eigenvalue weighted by Crippen LogP contribution is -2.47. The van der Waals surface area contributed by atoms with Gasteiger partial charge in [0.15, 0.2) is 12.4 Å². The predicted octanol–water partition coefficient (Wildman–Crippen LogP) is 1.96. The van der Waals surface area contributed by atoms with Crippen LogP contribution in [0.2, 0.25) is 0 Å². The largest absolute Gasteiger partial charge is 0.467 e. The number of rotatable bonds is 10. The van der Waals surface area contributed by atoms with Crippen molar-refractivity contribution in [3.05, 3.63) is 22.4 Å². The van der Waals surface area contributed by atoms with E-state index in [-0.39, 0.29) is 24.5 Å². The summed E-state index contributed by atoms with van der Waals surface area (Å²) in [5.74, 6) is -2.03. The van der Waals surface area contributed by atoms with Crippen molar-refractivity contribution in [2.24, 2.45) is 5.92 Å². The third-order valence-electron chi connectivity index (χ3n) is 3.70. The molecule has 1 aromatic heterocycles. The Labute approximate surface area is 150 Å². The molecule has 7 nitrogen and oxygen atoms in total. The molecule has 138 valence electrons. The Bertz CT molecular complexity index is 598. The second kappa shape index (κ2) is 10.6. The molecule has 25 heavy (non-hydrogen) atoms. The van der Waals surface area contributed by atoms with Crippen LogP contribution in [-0.2, 0) is 23.9 Å².